The van der Waals surface area contributed by atoms with Gasteiger partial charge in [-0.05, 0) is 25.7 Å². The molecular weight excluding hydrogens is 286 g/mol. The molecule has 0 amide bonds. The van der Waals surface area contributed by atoms with E-state index in [1.165, 1.54) is 0 Å². The van der Waals surface area contributed by atoms with Crippen LogP contribution in [0.4, 0.5) is 5.82 Å². The standard InChI is InChI=1S/C15H23N3O4/c1-21-10-4-6-15(14(19)20)5-3-9-18(11-15)12-13(22-2)17-8-7-16-12/h7-8H,3-6,9-11H2,1-2H3,(H,19,20)/t15-/m1/s1. The van der Waals surface area contributed by atoms with Crippen molar-refractivity contribution in [3.8, 4) is 5.88 Å². The van der Waals surface area contributed by atoms with E-state index in [0.29, 0.717) is 37.7 Å². The first kappa shape index (κ1) is 16.5. The summed E-state index contributed by atoms with van der Waals surface area (Å²) in [5.74, 6) is 0.291. The minimum Gasteiger partial charge on any atom is -0.481 e. The summed E-state index contributed by atoms with van der Waals surface area (Å²) in [7, 11) is 3.17. The lowest BCUT2D eigenvalue weighted by Crippen LogP contribution is -2.48. The zero-order chi connectivity index (χ0) is 16.0. The Morgan fingerprint density at radius 3 is 2.86 bits per heavy atom. The van der Waals surface area contributed by atoms with Gasteiger partial charge in [0.25, 0.3) is 5.88 Å². The van der Waals surface area contributed by atoms with Crippen molar-refractivity contribution in [1.82, 2.24) is 9.97 Å². The van der Waals surface area contributed by atoms with Crippen LogP contribution in [0, 0.1) is 5.41 Å². The van der Waals surface area contributed by atoms with Crippen molar-refractivity contribution in [2.45, 2.75) is 25.7 Å². The van der Waals surface area contributed by atoms with Gasteiger partial charge in [-0.2, -0.15) is 0 Å². The van der Waals surface area contributed by atoms with Crippen LogP contribution in [-0.2, 0) is 9.53 Å². The third kappa shape index (κ3) is 3.47. The molecule has 0 unspecified atom stereocenters. The Bertz CT molecular complexity index is 511. The number of hydrogen-bond donors (Lipinski definition) is 1. The third-order valence-corrected chi connectivity index (χ3v) is 4.17. The van der Waals surface area contributed by atoms with Gasteiger partial charge in [0.15, 0.2) is 5.82 Å². The molecule has 1 aliphatic heterocycles. The number of carboxylic acid groups (broad SMARTS) is 1. The van der Waals surface area contributed by atoms with Gasteiger partial charge in [0.1, 0.15) is 0 Å². The first-order valence-electron chi connectivity index (χ1n) is 7.45. The highest BCUT2D eigenvalue weighted by Crippen LogP contribution is 2.38. The van der Waals surface area contributed by atoms with Crippen LogP contribution in [0.15, 0.2) is 12.4 Å². The number of carbonyl (C=O) groups is 1. The van der Waals surface area contributed by atoms with Crippen molar-refractivity contribution in [3.05, 3.63) is 12.4 Å². The molecular formula is C15H23N3O4. The van der Waals surface area contributed by atoms with E-state index in [-0.39, 0.29) is 0 Å². The van der Waals surface area contributed by atoms with Crippen molar-refractivity contribution >= 4 is 11.8 Å². The number of aromatic nitrogens is 2. The number of piperidine rings is 1. The molecule has 0 aromatic carbocycles. The maximum absolute atomic E-state index is 11.9. The lowest BCUT2D eigenvalue weighted by molar-refractivity contribution is -0.150. The molecule has 1 N–H and O–H groups in total. The first-order valence-corrected chi connectivity index (χ1v) is 7.45. The molecule has 1 aromatic rings. The lowest BCUT2D eigenvalue weighted by Gasteiger charge is -2.40. The highest BCUT2D eigenvalue weighted by molar-refractivity contribution is 5.76. The van der Waals surface area contributed by atoms with E-state index >= 15 is 0 Å². The van der Waals surface area contributed by atoms with Gasteiger partial charge in [-0.15, -0.1) is 0 Å². The Balaban J connectivity index is 2.19. The van der Waals surface area contributed by atoms with E-state index in [0.717, 1.165) is 19.4 Å². The number of carboxylic acids is 1. The molecule has 1 fully saturated rings. The summed E-state index contributed by atoms with van der Waals surface area (Å²) < 4.78 is 10.3. The largest absolute Gasteiger partial charge is 0.481 e. The molecule has 7 heteroatoms. The summed E-state index contributed by atoms with van der Waals surface area (Å²) >= 11 is 0. The van der Waals surface area contributed by atoms with E-state index in [1.54, 1.807) is 26.6 Å². The second kappa shape index (κ2) is 7.40. The monoisotopic (exact) mass is 309 g/mol. The number of rotatable bonds is 7. The van der Waals surface area contributed by atoms with Gasteiger partial charge in [-0.1, -0.05) is 0 Å². The second-order valence-corrected chi connectivity index (χ2v) is 5.60. The van der Waals surface area contributed by atoms with E-state index in [4.69, 9.17) is 9.47 Å². The molecule has 1 aromatic heterocycles. The van der Waals surface area contributed by atoms with Crippen LogP contribution in [0.2, 0.25) is 0 Å². The number of hydrogen-bond acceptors (Lipinski definition) is 6. The van der Waals surface area contributed by atoms with Crippen LogP contribution in [0.3, 0.4) is 0 Å². The lowest BCUT2D eigenvalue weighted by atomic mass is 9.76. The minimum atomic E-state index is -0.765. The molecule has 0 spiro atoms. The zero-order valence-corrected chi connectivity index (χ0v) is 13.1. The summed E-state index contributed by atoms with van der Waals surface area (Å²) in [4.78, 5) is 22.3. The Labute approximate surface area is 130 Å². The van der Waals surface area contributed by atoms with Crippen molar-refractivity contribution in [1.29, 1.82) is 0 Å². The van der Waals surface area contributed by atoms with E-state index in [1.807, 2.05) is 4.90 Å². The SMILES string of the molecule is COCCC[C@]1(C(=O)O)CCCN(c2nccnc2OC)C1. The molecule has 2 heterocycles. The fourth-order valence-corrected chi connectivity index (χ4v) is 3.03. The molecule has 0 saturated carbocycles. The van der Waals surface area contributed by atoms with Crippen LogP contribution < -0.4 is 9.64 Å². The van der Waals surface area contributed by atoms with Gasteiger partial charge in [0.05, 0.1) is 12.5 Å². The van der Waals surface area contributed by atoms with Gasteiger partial charge >= 0.3 is 5.97 Å². The van der Waals surface area contributed by atoms with Crippen LogP contribution in [0.1, 0.15) is 25.7 Å². The molecule has 0 radical (unpaired) electrons. The summed E-state index contributed by atoms with van der Waals surface area (Å²) in [6, 6.07) is 0. The number of ether oxygens (including phenoxy) is 2. The summed E-state index contributed by atoms with van der Waals surface area (Å²) in [5.41, 5.74) is -0.765. The number of nitrogens with zero attached hydrogens (tertiary/aromatic N) is 3. The molecule has 1 aliphatic rings. The molecule has 122 valence electrons. The predicted molar refractivity (Wildman–Crippen MR) is 81.2 cm³/mol. The highest BCUT2D eigenvalue weighted by atomic mass is 16.5. The van der Waals surface area contributed by atoms with E-state index in [2.05, 4.69) is 9.97 Å². The molecule has 7 nitrogen and oxygen atoms in total. The number of aliphatic carboxylic acids is 1. The van der Waals surface area contributed by atoms with Crippen LogP contribution in [0.25, 0.3) is 0 Å². The van der Waals surface area contributed by atoms with Gasteiger partial charge in [0.2, 0.25) is 0 Å². The molecule has 22 heavy (non-hydrogen) atoms. The maximum Gasteiger partial charge on any atom is 0.311 e. The van der Waals surface area contributed by atoms with Crippen LogP contribution >= 0.6 is 0 Å². The van der Waals surface area contributed by atoms with Crippen LogP contribution in [0.5, 0.6) is 5.88 Å². The molecule has 0 bridgehead atoms. The Morgan fingerprint density at radius 2 is 2.18 bits per heavy atom. The highest BCUT2D eigenvalue weighted by Gasteiger charge is 2.42. The number of methoxy groups -OCH3 is 2. The summed E-state index contributed by atoms with van der Waals surface area (Å²) in [6.07, 6.45) is 5.96. The fourth-order valence-electron chi connectivity index (χ4n) is 3.03. The smallest absolute Gasteiger partial charge is 0.311 e. The normalized spacial score (nSPS) is 21.6. The van der Waals surface area contributed by atoms with Crippen molar-refractivity contribution < 1.29 is 19.4 Å². The predicted octanol–water partition coefficient (Wildman–Crippen LogP) is 1.58. The topological polar surface area (TPSA) is 84.8 Å². The average molecular weight is 309 g/mol. The van der Waals surface area contributed by atoms with E-state index < -0.39 is 11.4 Å². The minimum absolute atomic E-state index is 0.418. The molecule has 1 atom stereocenters. The fraction of sp³-hybridized carbons (Fsp3) is 0.667. The average Bonchev–Trinajstić information content (AvgIpc) is 2.55. The Kier molecular flexibility index (Phi) is 5.54. The van der Waals surface area contributed by atoms with Gasteiger partial charge in [-0.3, -0.25) is 4.79 Å². The Hall–Kier alpha value is -1.89. The van der Waals surface area contributed by atoms with Gasteiger partial charge in [0, 0.05) is 39.2 Å². The summed E-state index contributed by atoms with van der Waals surface area (Å²) in [5, 5.41) is 9.74. The van der Waals surface area contributed by atoms with Crippen molar-refractivity contribution in [3.63, 3.8) is 0 Å². The molecule has 2 rings (SSSR count). The van der Waals surface area contributed by atoms with Gasteiger partial charge in [-0.25, -0.2) is 9.97 Å². The van der Waals surface area contributed by atoms with Crippen molar-refractivity contribution in [2.24, 2.45) is 5.41 Å². The van der Waals surface area contributed by atoms with Crippen molar-refractivity contribution in [2.75, 3.05) is 38.8 Å². The van der Waals surface area contributed by atoms with E-state index in [9.17, 15) is 9.90 Å². The third-order valence-electron chi connectivity index (χ3n) is 4.17. The molecule has 0 aliphatic carbocycles. The molecule has 1 saturated heterocycles. The van der Waals surface area contributed by atoms with Crippen LogP contribution in [-0.4, -0.2) is 55.0 Å². The Morgan fingerprint density at radius 1 is 1.41 bits per heavy atom. The second-order valence-electron chi connectivity index (χ2n) is 5.60. The maximum atomic E-state index is 11.9. The number of anilines is 1. The first-order chi connectivity index (χ1) is 10.6. The zero-order valence-electron chi connectivity index (χ0n) is 13.1. The van der Waals surface area contributed by atoms with Gasteiger partial charge < -0.3 is 19.5 Å². The summed E-state index contributed by atoms with van der Waals surface area (Å²) in [6.45, 7) is 1.75. The quantitative estimate of drug-likeness (QED) is 0.765.